The highest BCUT2D eigenvalue weighted by Crippen LogP contribution is 2.28. The van der Waals surface area contributed by atoms with E-state index in [0.717, 1.165) is 38.4 Å². The zero-order valence-electron chi connectivity index (χ0n) is 16.7. The van der Waals surface area contributed by atoms with Crippen molar-refractivity contribution in [2.24, 2.45) is 0 Å². The lowest BCUT2D eigenvalue weighted by atomic mass is 10.1. The normalized spacial score (nSPS) is 15.7. The highest BCUT2D eigenvalue weighted by atomic mass is 35.5. The van der Waals surface area contributed by atoms with Gasteiger partial charge in [-0.1, -0.05) is 35.9 Å². The predicted molar refractivity (Wildman–Crippen MR) is 114 cm³/mol. The number of nitrogens with zero attached hydrogens (tertiary/aromatic N) is 4. The molecule has 3 aromatic rings. The lowest BCUT2D eigenvalue weighted by Crippen LogP contribution is -2.37. The van der Waals surface area contributed by atoms with Gasteiger partial charge < -0.3 is 14.1 Å². The van der Waals surface area contributed by atoms with Crippen LogP contribution in [-0.2, 0) is 11.3 Å². The van der Waals surface area contributed by atoms with Crippen LogP contribution in [0.4, 0.5) is 5.69 Å². The van der Waals surface area contributed by atoms with Crippen molar-refractivity contribution in [1.82, 2.24) is 15.1 Å². The van der Waals surface area contributed by atoms with Gasteiger partial charge in [-0.2, -0.15) is 0 Å². The van der Waals surface area contributed by atoms with Gasteiger partial charge in [-0.05, 0) is 43.8 Å². The SMILES string of the molecule is CC(c1nnc(-c2cccc(Cl)c2)o1)N(C)Cc1ccccc1N1CCOCC1. The Balaban J connectivity index is 1.49. The third-order valence-corrected chi connectivity index (χ3v) is 5.53. The Kier molecular flexibility index (Phi) is 6.13. The molecule has 1 aliphatic rings. The van der Waals surface area contributed by atoms with E-state index in [2.05, 4.69) is 58.2 Å². The number of halogens is 1. The summed E-state index contributed by atoms with van der Waals surface area (Å²) in [5, 5.41) is 9.12. The van der Waals surface area contributed by atoms with E-state index in [0.29, 0.717) is 16.8 Å². The second kappa shape index (κ2) is 8.95. The van der Waals surface area contributed by atoms with Crippen molar-refractivity contribution >= 4 is 17.3 Å². The van der Waals surface area contributed by atoms with Gasteiger partial charge in [-0.3, -0.25) is 4.90 Å². The molecule has 0 aliphatic carbocycles. The summed E-state index contributed by atoms with van der Waals surface area (Å²) >= 11 is 6.07. The second-order valence-electron chi connectivity index (χ2n) is 7.28. The minimum Gasteiger partial charge on any atom is -0.419 e. The minimum atomic E-state index is -0.0202. The molecule has 152 valence electrons. The zero-order chi connectivity index (χ0) is 20.2. The lowest BCUT2D eigenvalue weighted by Gasteiger charge is -2.32. The van der Waals surface area contributed by atoms with Crippen LogP contribution in [0.5, 0.6) is 0 Å². The van der Waals surface area contributed by atoms with E-state index in [-0.39, 0.29) is 6.04 Å². The van der Waals surface area contributed by atoms with Gasteiger partial charge in [-0.15, -0.1) is 10.2 Å². The fraction of sp³-hybridized carbons (Fsp3) is 0.364. The fourth-order valence-corrected chi connectivity index (χ4v) is 3.68. The Morgan fingerprint density at radius 1 is 1.10 bits per heavy atom. The Morgan fingerprint density at radius 2 is 1.90 bits per heavy atom. The summed E-state index contributed by atoms with van der Waals surface area (Å²) in [5.74, 6) is 1.07. The molecule has 1 fully saturated rings. The van der Waals surface area contributed by atoms with Crippen LogP contribution in [0.3, 0.4) is 0 Å². The first kappa shape index (κ1) is 19.9. The quantitative estimate of drug-likeness (QED) is 0.597. The van der Waals surface area contributed by atoms with E-state index in [9.17, 15) is 0 Å². The van der Waals surface area contributed by atoms with Gasteiger partial charge in [0, 0.05) is 35.9 Å². The van der Waals surface area contributed by atoms with Crippen molar-refractivity contribution in [3.8, 4) is 11.5 Å². The summed E-state index contributed by atoms with van der Waals surface area (Å²) in [4.78, 5) is 4.61. The van der Waals surface area contributed by atoms with Crippen LogP contribution in [0.1, 0.15) is 24.4 Å². The molecular weight excluding hydrogens is 388 g/mol. The van der Waals surface area contributed by atoms with Crippen LogP contribution >= 0.6 is 11.6 Å². The van der Waals surface area contributed by atoms with E-state index < -0.39 is 0 Å². The number of hydrogen-bond donors (Lipinski definition) is 0. The average molecular weight is 413 g/mol. The van der Waals surface area contributed by atoms with Gasteiger partial charge in [0.05, 0.1) is 19.3 Å². The number of aromatic nitrogens is 2. The van der Waals surface area contributed by atoms with Crippen LogP contribution in [0, 0.1) is 0 Å². The van der Waals surface area contributed by atoms with Crippen molar-refractivity contribution in [3.63, 3.8) is 0 Å². The molecule has 29 heavy (non-hydrogen) atoms. The number of ether oxygens (including phenoxy) is 1. The summed E-state index contributed by atoms with van der Waals surface area (Å²) in [5.41, 5.74) is 3.36. The van der Waals surface area contributed by atoms with Crippen LogP contribution in [-0.4, -0.2) is 48.4 Å². The van der Waals surface area contributed by atoms with E-state index in [4.69, 9.17) is 20.8 Å². The highest BCUT2D eigenvalue weighted by Gasteiger charge is 2.21. The Morgan fingerprint density at radius 3 is 2.69 bits per heavy atom. The predicted octanol–water partition coefficient (Wildman–Crippen LogP) is 4.42. The van der Waals surface area contributed by atoms with E-state index in [1.807, 2.05) is 24.3 Å². The monoisotopic (exact) mass is 412 g/mol. The maximum atomic E-state index is 6.07. The molecule has 0 bridgehead atoms. The minimum absolute atomic E-state index is 0.0202. The summed E-state index contributed by atoms with van der Waals surface area (Å²) in [7, 11) is 2.07. The molecule has 7 heteroatoms. The van der Waals surface area contributed by atoms with Crippen LogP contribution in [0.25, 0.3) is 11.5 Å². The van der Waals surface area contributed by atoms with Crippen molar-refractivity contribution in [3.05, 3.63) is 65.0 Å². The van der Waals surface area contributed by atoms with Gasteiger partial charge in [0.1, 0.15) is 0 Å². The average Bonchev–Trinajstić information content (AvgIpc) is 3.24. The Bertz CT molecular complexity index is 955. The molecule has 1 saturated heterocycles. The third kappa shape index (κ3) is 4.61. The van der Waals surface area contributed by atoms with Crippen molar-refractivity contribution < 1.29 is 9.15 Å². The summed E-state index contributed by atoms with van der Waals surface area (Å²) in [6.07, 6.45) is 0. The van der Waals surface area contributed by atoms with Crippen LogP contribution in [0.2, 0.25) is 5.02 Å². The van der Waals surface area contributed by atoms with E-state index in [1.54, 1.807) is 0 Å². The summed E-state index contributed by atoms with van der Waals surface area (Å²) in [6.45, 7) is 6.24. The number of anilines is 1. The first-order chi connectivity index (χ1) is 14.1. The molecule has 2 heterocycles. The molecule has 0 saturated carbocycles. The molecule has 0 spiro atoms. The topological polar surface area (TPSA) is 54.6 Å². The number of morpholine rings is 1. The molecule has 4 rings (SSSR count). The largest absolute Gasteiger partial charge is 0.419 e. The molecule has 6 nitrogen and oxygen atoms in total. The van der Waals surface area contributed by atoms with Crippen molar-refractivity contribution in [1.29, 1.82) is 0 Å². The summed E-state index contributed by atoms with van der Waals surface area (Å²) in [6, 6.07) is 16.0. The number of rotatable bonds is 6. The molecule has 1 unspecified atom stereocenters. The van der Waals surface area contributed by atoms with Crippen LogP contribution in [0.15, 0.2) is 52.9 Å². The van der Waals surface area contributed by atoms with Crippen LogP contribution < -0.4 is 4.90 Å². The maximum absolute atomic E-state index is 6.07. The summed E-state index contributed by atoms with van der Waals surface area (Å²) < 4.78 is 11.4. The van der Waals surface area contributed by atoms with E-state index >= 15 is 0 Å². The van der Waals surface area contributed by atoms with Gasteiger partial charge in [0.2, 0.25) is 11.8 Å². The van der Waals surface area contributed by atoms with E-state index in [1.165, 1.54) is 11.3 Å². The van der Waals surface area contributed by atoms with Gasteiger partial charge in [0.25, 0.3) is 0 Å². The third-order valence-electron chi connectivity index (χ3n) is 5.29. The van der Waals surface area contributed by atoms with Gasteiger partial charge >= 0.3 is 0 Å². The molecular formula is C22H25ClN4O2. The molecule has 1 aromatic heterocycles. The lowest BCUT2D eigenvalue weighted by molar-refractivity contribution is 0.122. The second-order valence-corrected chi connectivity index (χ2v) is 7.71. The molecule has 1 aliphatic heterocycles. The standard InChI is InChI=1S/C22H25ClN4O2/c1-16(21-24-25-22(29-21)17-7-5-8-19(23)14-17)26(2)15-18-6-3-4-9-20(18)27-10-12-28-13-11-27/h3-9,14,16H,10-13,15H2,1-2H3. The molecule has 0 amide bonds. The van der Waals surface area contributed by atoms with Gasteiger partial charge in [-0.25, -0.2) is 0 Å². The molecule has 2 aromatic carbocycles. The first-order valence-electron chi connectivity index (χ1n) is 9.82. The number of hydrogen-bond acceptors (Lipinski definition) is 6. The first-order valence-corrected chi connectivity index (χ1v) is 10.2. The van der Waals surface area contributed by atoms with Gasteiger partial charge in [0.15, 0.2) is 0 Å². The number of benzene rings is 2. The Hall–Kier alpha value is -2.41. The molecule has 0 radical (unpaired) electrons. The van der Waals surface area contributed by atoms with Crippen molar-refractivity contribution in [2.45, 2.75) is 19.5 Å². The fourth-order valence-electron chi connectivity index (χ4n) is 3.49. The smallest absolute Gasteiger partial charge is 0.247 e. The zero-order valence-corrected chi connectivity index (χ0v) is 17.5. The molecule has 0 N–H and O–H groups in total. The maximum Gasteiger partial charge on any atom is 0.247 e. The molecule has 1 atom stereocenters. The van der Waals surface area contributed by atoms with Crippen molar-refractivity contribution in [2.75, 3.05) is 38.3 Å². The highest BCUT2D eigenvalue weighted by molar-refractivity contribution is 6.30. The number of para-hydroxylation sites is 1. The Labute approximate surface area is 176 Å².